The van der Waals surface area contributed by atoms with E-state index in [0.717, 1.165) is 38.8 Å². The second-order valence-corrected chi connectivity index (χ2v) is 7.50. The Hall–Kier alpha value is -0.570. The summed E-state index contributed by atoms with van der Waals surface area (Å²) in [4.78, 5) is 14.5. The van der Waals surface area contributed by atoms with Gasteiger partial charge in [0.05, 0.1) is 0 Å². The average Bonchev–Trinajstić information content (AvgIpc) is 2.50. The SMILES string of the molecule is CC1(C)CCCN(C(=O)CC2(N)CCCCC2)CC1. The molecule has 0 radical (unpaired) electrons. The number of carbonyl (C=O) groups excluding carboxylic acids is 1. The van der Waals surface area contributed by atoms with Crippen LogP contribution in [0.2, 0.25) is 0 Å². The van der Waals surface area contributed by atoms with Crippen LogP contribution in [0.25, 0.3) is 0 Å². The summed E-state index contributed by atoms with van der Waals surface area (Å²) < 4.78 is 0. The first-order valence-corrected chi connectivity index (χ1v) is 7.97. The van der Waals surface area contributed by atoms with Gasteiger partial charge < -0.3 is 10.6 Å². The van der Waals surface area contributed by atoms with E-state index in [1.165, 1.54) is 25.7 Å². The zero-order valence-corrected chi connectivity index (χ0v) is 12.7. The van der Waals surface area contributed by atoms with Crippen LogP contribution in [0.15, 0.2) is 0 Å². The molecule has 0 unspecified atom stereocenters. The molecule has 0 aromatic carbocycles. The molecule has 3 nitrogen and oxygen atoms in total. The van der Waals surface area contributed by atoms with Crippen LogP contribution in [0.4, 0.5) is 0 Å². The number of nitrogens with zero attached hydrogens (tertiary/aromatic N) is 1. The number of likely N-dealkylation sites (tertiary alicyclic amines) is 1. The molecule has 0 bridgehead atoms. The molecule has 1 saturated heterocycles. The van der Waals surface area contributed by atoms with E-state index in [2.05, 4.69) is 18.7 Å². The van der Waals surface area contributed by atoms with Gasteiger partial charge in [0.2, 0.25) is 5.91 Å². The standard InChI is InChI=1S/C16H30N2O/c1-15(2)7-6-11-18(12-10-15)14(19)13-16(17)8-4-3-5-9-16/h3-13,17H2,1-2H3. The average molecular weight is 266 g/mol. The molecule has 2 rings (SSSR count). The fraction of sp³-hybridized carbons (Fsp3) is 0.938. The lowest BCUT2D eigenvalue weighted by Crippen LogP contribution is -2.47. The summed E-state index contributed by atoms with van der Waals surface area (Å²) in [5.41, 5.74) is 6.59. The monoisotopic (exact) mass is 266 g/mol. The van der Waals surface area contributed by atoms with Gasteiger partial charge >= 0.3 is 0 Å². The van der Waals surface area contributed by atoms with Crippen molar-refractivity contribution in [1.29, 1.82) is 0 Å². The van der Waals surface area contributed by atoms with Crippen LogP contribution in [-0.4, -0.2) is 29.4 Å². The minimum atomic E-state index is -0.211. The van der Waals surface area contributed by atoms with Crippen molar-refractivity contribution in [2.45, 2.75) is 77.2 Å². The molecule has 0 aromatic heterocycles. The topological polar surface area (TPSA) is 46.3 Å². The van der Waals surface area contributed by atoms with Gasteiger partial charge in [0.15, 0.2) is 0 Å². The largest absolute Gasteiger partial charge is 0.343 e. The fourth-order valence-corrected chi connectivity index (χ4v) is 3.52. The molecular weight excluding hydrogens is 236 g/mol. The van der Waals surface area contributed by atoms with Gasteiger partial charge in [0, 0.05) is 25.0 Å². The van der Waals surface area contributed by atoms with Crippen molar-refractivity contribution in [3.05, 3.63) is 0 Å². The lowest BCUT2D eigenvalue weighted by Gasteiger charge is -2.34. The minimum absolute atomic E-state index is 0.211. The second kappa shape index (κ2) is 5.82. The number of nitrogens with two attached hydrogens (primary N) is 1. The normalized spacial score (nSPS) is 26.8. The zero-order valence-electron chi connectivity index (χ0n) is 12.7. The van der Waals surface area contributed by atoms with Crippen LogP contribution in [-0.2, 0) is 4.79 Å². The number of amides is 1. The number of rotatable bonds is 2. The molecule has 19 heavy (non-hydrogen) atoms. The van der Waals surface area contributed by atoms with E-state index in [9.17, 15) is 4.79 Å². The third-order valence-corrected chi connectivity index (χ3v) is 5.05. The molecule has 1 aliphatic heterocycles. The highest BCUT2D eigenvalue weighted by molar-refractivity contribution is 5.77. The van der Waals surface area contributed by atoms with Crippen LogP contribution in [0.3, 0.4) is 0 Å². The Morgan fingerprint density at radius 1 is 1.00 bits per heavy atom. The summed E-state index contributed by atoms with van der Waals surface area (Å²) in [5.74, 6) is 0.294. The molecule has 2 fully saturated rings. The molecule has 1 heterocycles. The van der Waals surface area contributed by atoms with E-state index in [0.29, 0.717) is 17.7 Å². The van der Waals surface area contributed by atoms with Crippen molar-refractivity contribution in [3.63, 3.8) is 0 Å². The third kappa shape index (κ3) is 4.20. The first kappa shape index (κ1) is 14.8. The number of hydrogen-bond acceptors (Lipinski definition) is 2. The molecule has 2 N–H and O–H groups in total. The molecule has 3 heteroatoms. The van der Waals surface area contributed by atoms with Crippen molar-refractivity contribution in [1.82, 2.24) is 4.90 Å². The van der Waals surface area contributed by atoms with Gasteiger partial charge in [-0.3, -0.25) is 4.79 Å². The third-order valence-electron chi connectivity index (χ3n) is 5.05. The predicted octanol–water partition coefficient (Wildman–Crippen LogP) is 3.08. The fourth-order valence-electron chi connectivity index (χ4n) is 3.52. The van der Waals surface area contributed by atoms with Gasteiger partial charge in [0.1, 0.15) is 0 Å². The number of carbonyl (C=O) groups is 1. The van der Waals surface area contributed by atoms with Gasteiger partial charge in [-0.25, -0.2) is 0 Å². The van der Waals surface area contributed by atoms with Gasteiger partial charge in [-0.1, -0.05) is 33.1 Å². The first-order valence-electron chi connectivity index (χ1n) is 7.97. The summed E-state index contributed by atoms with van der Waals surface area (Å²) in [5, 5.41) is 0. The second-order valence-electron chi connectivity index (χ2n) is 7.50. The molecule has 0 aromatic rings. The van der Waals surface area contributed by atoms with Crippen LogP contribution in [0, 0.1) is 5.41 Å². The quantitative estimate of drug-likeness (QED) is 0.835. The van der Waals surface area contributed by atoms with Crippen LogP contribution >= 0.6 is 0 Å². The minimum Gasteiger partial charge on any atom is -0.343 e. The molecule has 2 aliphatic rings. The lowest BCUT2D eigenvalue weighted by molar-refractivity contribution is -0.132. The van der Waals surface area contributed by atoms with E-state index in [1.54, 1.807) is 0 Å². The summed E-state index contributed by atoms with van der Waals surface area (Å²) in [6.07, 6.45) is 9.76. The van der Waals surface area contributed by atoms with Crippen molar-refractivity contribution < 1.29 is 4.79 Å². The van der Waals surface area contributed by atoms with E-state index in [4.69, 9.17) is 5.73 Å². The Kier molecular flexibility index (Phi) is 4.54. The van der Waals surface area contributed by atoms with Crippen LogP contribution in [0.1, 0.15) is 71.6 Å². The summed E-state index contributed by atoms with van der Waals surface area (Å²) >= 11 is 0. The number of hydrogen-bond donors (Lipinski definition) is 1. The van der Waals surface area contributed by atoms with Gasteiger partial charge in [-0.2, -0.15) is 0 Å². The van der Waals surface area contributed by atoms with Crippen LogP contribution in [0.5, 0.6) is 0 Å². The highest BCUT2D eigenvalue weighted by Gasteiger charge is 2.33. The Morgan fingerprint density at radius 2 is 1.68 bits per heavy atom. The smallest absolute Gasteiger partial charge is 0.224 e. The molecule has 1 saturated carbocycles. The molecule has 1 aliphatic carbocycles. The predicted molar refractivity (Wildman–Crippen MR) is 78.8 cm³/mol. The van der Waals surface area contributed by atoms with E-state index < -0.39 is 0 Å². The Morgan fingerprint density at radius 3 is 2.37 bits per heavy atom. The van der Waals surface area contributed by atoms with Gasteiger partial charge in [0.25, 0.3) is 0 Å². The highest BCUT2D eigenvalue weighted by atomic mass is 16.2. The van der Waals surface area contributed by atoms with Gasteiger partial charge in [-0.15, -0.1) is 0 Å². The summed E-state index contributed by atoms with van der Waals surface area (Å²) in [6, 6.07) is 0. The maximum absolute atomic E-state index is 12.5. The molecule has 110 valence electrons. The highest BCUT2D eigenvalue weighted by Crippen LogP contribution is 2.32. The zero-order chi connectivity index (χ0) is 13.9. The maximum atomic E-state index is 12.5. The first-order chi connectivity index (χ1) is 8.90. The molecule has 1 amide bonds. The molecular formula is C16H30N2O. The molecule has 0 atom stereocenters. The lowest BCUT2D eigenvalue weighted by atomic mass is 9.80. The summed E-state index contributed by atoms with van der Waals surface area (Å²) in [6.45, 7) is 6.47. The molecule has 0 spiro atoms. The summed E-state index contributed by atoms with van der Waals surface area (Å²) in [7, 11) is 0. The van der Waals surface area contributed by atoms with Crippen molar-refractivity contribution >= 4 is 5.91 Å². The maximum Gasteiger partial charge on any atom is 0.224 e. The Bertz CT molecular complexity index is 319. The Labute approximate surface area is 117 Å². The van der Waals surface area contributed by atoms with Gasteiger partial charge in [-0.05, 0) is 37.5 Å². The van der Waals surface area contributed by atoms with E-state index in [-0.39, 0.29) is 5.54 Å². The van der Waals surface area contributed by atoms with Crippen molar-refractivity contribution in [2.75, 3.05) is 13.1 Å². The van der Waals surface area contributed by atoms with Crippen molar-refractivity contribution in [3.8, 4) is 0 Å². The Balaban J connectivity index is 1.89. The van der Waals surface area contributed by atoms with Crippen LogP contribution < -0.4 is 5.73 Å². The van der Waals surface area contributed by atoms with E-state index >= 15 is 0 Å². The van der Waals surface area contributed by atoms with E-state index in [1.807, 2.05) is 0 Å². The van der Waals surface area contributed by atoms with Crippen molar-refractivity contribution in [2.24, 2.45) is 11.1 Å².